The summed E-state index contributed by atoms with van der Waals surface area (Å²) in [6, 6.07) is 7.11. The second-order valence-corrected chi connectivity index (χ2v) is 4.84. The Morgan fingerprint density at radius 3 is 2.85 bits per heavy atom. The number of rotatable bonds is 2. The van der Waals surface area contributed by atoms with Crippen LogP contribution < -0.4 is 5.32 Å². The van der Waals surface area contributed by atoms with E-state index in [1.54, 1.807) is 25.1 Å². The zero-order valence-corrected chi connectivity index (χ0v) is 11.9. The van der Waals surface area contributed by atoms with Crippen molar-refractivity contribution in [1.82, 2.24) is 5.32 Å². The van der Waals surface area contributed by atoms with Gasteiger partial charge in [0.05, 0.1) is 18.7 Å². The fourth-order valence-electron chi connectivity index (χ4n) is 2.13. The normalized spacial score (nSPS) is 18.6. The number of hydrogen-bond acceptors (Lipinski definition) is 4. The second kappa shape index (κ2) is 5.96. The highest BCUT2D eigenvalue weighted by molar-refractivity contribution is 6.30. The Balaban J connectivity index is 2.39. The van der Waals surface area contributed by atoms with Gasteiger partial charge in [-0.1, -0.05) is 23.7 Å². The van der Waals surface area contributed by atoms with Crippen LogP contribution >= 0.6 is 11.6 Å². The van der Waals surface area contributed by atoms with Crippen LogP contribution in [0.4, 0.5) is 4.79 Å². The lowest BCUT2D eigenvalue weighted by molar-refractivity contribution is -0.121. The third-order valence-corrected chi connectivity index (χ3v) is 3.25. The number of allylic oxidation sites excluding steroid dienone is 2. The summed E-state index contributed by atoms with van der Waals surface area (Å²) in [5, 5.41) is 3.21. The lowest BCUT2D eigenvalue weighted by Crippen LogP contribution is -2.32. The molecule has 1 N–H and O–H groups in total. The maximum atomic E-state index is 11.7. The molecule has 0 saturated carbocycles. The van der Waals surface area contributed by atoms with Gasteiger partial charge in [-0.05, 0) is 24.6 Å². The molecule has 5 nitrogen and oxygen atoms in total. The van der Waals surface area contributed by atoms with Crippen LogP contribution in [0.3, 0.4) is 0 Å². The van der Waals surface area contributed by atoms with Crippen molar-refractivity contribution in [2.45, 2.75) is 19.3 Å². The summed E-state index contributed by atoms with van der Waals surface area (Å²) in [6.45, 7) is 1.67. The Morgan fingerprint density at radius 1 is 1.45 bits per heavy atom. The Labute approximate surface area is 121 Å². The van der Waals surface area contributed by atoms with Crippen LogP contribution in [0.5, 0.6) is 0 Å². The molecule has 0 aliphatic carbocycles. The molecule has 2 rings (SSSR count). The number of amides is 1. The zero-order chi connectivity index (χ0) is 14.7. The molecule has 0 radical (unpaired) electrons. The third kappa shape index (κ3) is 3.11. The number of ether oxygens (including phenoxy) is 2. The topological polar surface area (TPSA) is 64.6 Å². The quantitative estimate of drug-likeness (QED) is 0.852. The van der Waals surface area contributed by atoms with Crippen LogP contribution in [0.2, 0.25) is 5.02 Å². The van der Waals surface area contributed by atoms with Gasteiger partial charge in [-0.2, -0.15) is 0 Å². The van der Waals surface area contributed by atoms with Crippen LogP contribution in [0.1, 0.15) is 24.8 Å². The first-order chi connectivity index (χ1) is 9.51. The van der Waals surface area contributed by atoms with Crippen molar-refractivity contribution in [2.75, 3.05) is 7.11 Å². The van der Waals surface area contributed by atoms with Crippen LogP contribution in [-0.4, -0.2) is 19.2 Å². The Hall–Kier alpha value is -2.01. The van der Waals surface area contributed by atoms with E-state index in [2.05, 4.69) is 10.1 Å². The number of halogens is 1. The molecule has 1 aliphatic rings. The van der Waals surface area contributed by atoms with E-state index >= 15 is 0 Å². The van der Waals surface area contributed by atoms with Gasteiger partial charge in [0.25, 0.3) is 0 Å². The van der Waals surface area contributed by atoms with Gasteiger partial charge in [-0.15, -0.1) is 0 Å². The van der Waals surface area contributed by atoms with Crippen LogP contribution in [0.15, 0.2) is 35.7 Å². The highest BCUT2D eigenvalue weighted by Crippen LogP contribution is 2.34. The van der Waals surface area contributed by atoms with Crippen molar-refractivity contribution in [3.05, 3.63) is 46.3 Å². The Morgan fingerprint density at radius 2 is 2.20 bits per heavy atom. The van der Waals surface area contributed by atoms with Gasteiger partial charge in [0, 0.05) is 11.4 Å². The van der Waals surface area contributed by atoms with Gasteiger partial charge in [-0.3, -0.25) is 4.79 Å². The fourth-order valence-corrected chi connectivity index (χ4v) is 2.33. The van der Waals surface area contributed by atoms with E-state index in [1.807, 2.05) is 6.07 Å². The minimum absolute atomic E-state index is 0.135. The smallest absolute Gasteiger partial charge is 0.437 e. The van der Waals surface area contributed by atoms with Crippen LogP contribution in [0.25, 0.3) is 0 Å². The van der Waals surface area contributed by atoms with Crippen molar-refractivity contribution in [3.8, 4) is 0 Å². The van der Waals surface area contributed by atoms with Gasteiger partial charge in [0.15, 0.2) is 0 Å². The summed E-state index contributed by atoms with van der Waals surface area (Å²) >= 11 is 5.97. The molecular formula is C14H14ClNO4. The molecule has 0 saturated heterocycles. The van der Waals surface area contributed by atoms with Gasteiger partial charge in [-0.25, -0.2) is 4.79 Å². The van der Waals surface area contributed by atoms with E-state index in [0.717, 1.165) is 5.56 Å². The zero-order valence-electron chi connectivity index (χ0n) is 11.1. The molecule has 1 atom stereocenters. The molecule has 0 fully saturated rings. The molecule has 1 aliphatic heterocycles. The highest BCUT2D eigenvalue weighted by Gasteiger charge is 2.30. The molecule has 0 aromatic heterocycles. The molecule has 0 bridgehead atoms. The summed E-state index contributed by atoms with van der Waals surface area (Å²) in [4.78, 5) is 23.0. The SMILES string of the molecule is COC(=O)OC1=C(C)NC(=O)CC1c1cccc(Cl)c1. The summed E-state index contributed by atoms with van der Waals surface area (Å²) in [5.74, 6) is -0.120. The van der Waals surface area contributed by atoms with E-state index in [0.29, 0.717) is 16.5 Å². The standard InChI is InChI=1S/C14H14ClNO4/c1-8-13(20-14(18)19-2)11(7-12(17)16-8)9-4-3-5-10(15)6-9/h3-6,11H,7H2,1-2H3,(H,16,17). The number of nitrogens with one attached hydrogen (secondary N) is 1. The third-order valence-electron chi connectivity index (χ3n) is 3.01. The van der Waals surface area contributed by atoms with Crippen molar-refractivity contribution < 1.29 is 19.1 Å². The Bertz CT molecular complexity index is 582. The van der Waals surface area contributed by atoms with Crippen LogP contribution in [-0.2, 0) is 14.3 Å². The predicted octanol–water partition coefficient (Wildman–Crippen LogP) is 2.96. The first-order valence-corrected chi connectivity index (χ1v) is 6.41. The van der Waals surface area contributed by atoms with E-state index in [4.69, 9.17) is 16.3 Å². The van der Waals surface area contributed by atoms with Crippen LogP contribution in [0, 0.1) is 0 Å². The van der Waals surface area contributed by atoms with Crippen molar-refractivity contribution in [2.24, 2.45) is 0 Å². The fraction of sp³-hybridized carbons (Fsp3) is 0.286. The minimum atomic E-state index is -0.817. The highest BCUT2D eigenvalue weighted by atomic mass is 35.5. The van der Waals surface area contributed by atoms with Crippen molar-refractivity contribution in [1.29, 1.82) is 0 Å². The van der Waals surface area contributed by atoms with Gasteiger partial charge < -0.3 is 14.8 Å². The molecule has 20 heavy (non-hydrogen) atoms. The van der Waals surface area contributed by atoms with Gasteiger partial charge >= 0.3 is 6.16 Å². The number of benzene rings is 1. The maximum Gasteiger partial charge on any atom is 0.513 e. The second-order valence-electron chi connectivity index (χ2n) is 4.41. The molecule has 106 valence electrons. The lowest BCUT2D eigenvalue weighted by Gasteiger charge is -2.26. The van der Waals surface area contributed by atoms with Gasteiger partial charge in [0.2, 0.25) is 5.91 Å². The molecule has 0 spiro atoms. The summed E-state index contributed by atoms with van der Waals surface area (Å²) in [5.41, 5.74) is 1.31. The van der Waals surface area contributed by atoms with Gasteiger partial charge in [0.1, 0.15) is 5.76 Å². The summed E-state index contributed by atoms with van der Waals surface area (Å²) in [6.07, 6.45) is -0.633. The molecular weight excluding hydrogens is 282 g/mol. The largest absolute Gasteiger partial charge is 0.513 e. The number of carbonyl (C=O) groups excluding carboxylic acids is 2. The average Bonchev–Trinajstić information content (AvgIpc) is 2.41. The maximum absolute atomic E-state index is 11.7. The average molecular weight is 296 g/mol. The van der Waals surface area contributed by atoms with Crippen molar-refractivity contribution >= 4 is 23.7 Å². The number of hydrogen-bond donors (Lipinski definition) is 1. The Kier molecular flexibility index (Phi) is 4.29. The number of methoxy groups -OCH3 is 1. The first-order valence-electron chi connectivity index (χ1n) is 6.03. The predicted molar refractivity (Wildman–Crippen MR) is 73.1 cm³/mol. The molecule has 1 heterocycles. The van der Waals surface area contributed by atoms with E-state index in [1.165, 1.54) is 7.11 Å². The monoisotopic (exact) mass is 295 g/mol. The van der Waals surface area contributed by atoms with E-state index < -0.39 is 6.16 Å². The molecule has 1 aromatic rings. The van der Waals surface area contributed by atoms with Crippen molar-refractivity contribution in [3.63, 3.8) is 0 Å². The first kappa shape index (κ1) is 14.4. The molecule has 1 aromatic carbocycles. The number of carbonyl (C=O) groups is 2. The lowest BCUT2D eigenvalue weighted by atomic mass is 9.90. The minimum Gasteiger partial charge on any atom is -0.437 e. The molecule has 1 amide bonds. The van der Waals surface area contributed by atoms with E-state index in [-0.39, 0.29) is 18.2 Å². The summed E-state index contributed by atoms with van der Waals surface area (Å²) < 4.78 is 9.67. The molecule has 1 unspecified atom stereocenters. The summed E-state index contributed by atoms with van der Waals surface area (Å²) in [7, 11) is 1.23. The van der Waals surface area contributed by atoms with E-state index in [9.17, 15) is 9.59 Å². The molecule has 6 heteroatoms.